The molecule has 0 saturated heterocycles. The van der Waals surface area contributed by atoms with Gasteiger partial charge in [-0.05, 0) is 72.8 Å². The maximum absolute atomic E-state index is 16.7. The zero-order valence-corrected chi connectivity index (χ0v) is 29.7. The molecule has 49 heavy (non-hydrogen) atoms. The summed E-state index contributed by atoms with van der Waals surface area (Å²) in [5.74, 6) is 0. The van der Waals surface area contributed by atoms with Crippen LogP contribution in [0.5, 0.6) is 0 Å². The van der Waals surface area contributed by atoms with Gasteiger partial charge in [-0.3, -0.25) is 4.57 Å². The molecule has 1 N–H and O–H groups in total. The average molecular weight is 691 g/mol. The molecule has 2 nitrogen and oxygen atoms in total. The largest absolute Gasteiger partial charge is 0.338 e. The van der Waals surface area contributed by atoms with Crippen LogP contribution in [0.1, 0.15) is 21.9 Å². The molecule has 0 fully saturated rings. The molecule has 1 heterocycles. The van der Waals surface area contributed by atoms with E-state index in [0.29, 0.717) is 0 Å². The van der Waals surface area contributed by atoms with Gasteiger partial charge in [0.05, 0.1) is 0 Å². The van der Waals surface area contributed by atoms with Gasteiger partial charge in [-0.15, -0.1) is 0 Å². The molecule has 5 heteroatoms. The Hall–Kier alpha value is -4.41. The Morgan fingerprint density at radius 2 is 0.510 bits per heavy atom. The van der Waals surface area contributed by atoms with Crippen LogP contribution in [-0.4, -0.2) is 4.89 Å². The van der Waals surface area contributed by atoms with Crippen molar-refractivity contribution in [1.82, 2.24) is 0 Å². The summed E-state index contributed by atoms with van der Waals surface area (Å²) in [5, 5.41) is 5.29. The van der Waals surface area contributed by atoms with Crippen LogP contribution in [0.2, 0.25) is 0 Å². The quantitative estimate of drug-likeness (QED) is 0.162. The van der Waals surface area contributed by atoms with Crippen LogP contribution in [0, 0.1) is 0 Å². The van der Waals surface area contributed by atoms with Crippen molar-refractivity contribution in [1.29, 1.82) is 0 Å². The van der Waals surface area contributed by atoms with Gasteiger partial charge in [0.15, 0.2) is 10.8 Å². The van der Waals surface area contributed by atoms with E-state index in [4.69, 9.17) is 0 Å². The van der Waals surface area contributed by atoms with Gasteiger partial charge < -0.3 is 4.89 Å². The second-order valence-electron chi connectivity index (χ2n) is 12.5. The summed E-state index contributed by atoms with van der Waals surface area (Å²) in [4.78, 5) is 13.7. The van der Waals surface area contributed by atoms with E-state index < -0.39 is 32.7 Å². The standard InChI is InChI=1S/C44H36O2P3/c45-49(46)43(47(35-21-7-1-8-22-35,36-23-9-2-10-24-36)37-25-11-3-12-26-37)41-33-19-20-34-42(41)44(49)48(38-27-13-4-14-28-38,39-29-15-5-16-30-39)40-31-17-6-18-32-40/h1-34,43-44H/q+1/p+1. The lowest BCUT2D eigenvalue weighted by Crippen LogP contribution is -2.36. The third-order valence-corrected chi connectivity index (χ3v) is 24.7. The van der Waals surface area contributed by atoms with E-state index in [9.17, 15) is 4.89 Å². The Morgan fingerprint density at radius 3 is 0.714 bits per heavy atom. The van der Waals surface area contributed by atoms with Crippen molar-refractivity contribution in [2.45, 2.75) is 10.8 Å². The molecule has 238 valence electrons. The molecule has 0 aliphatic carbocycles. The summed E-state index contributed by atoms with van der Waals surface area (Å²) in [6, 6.07) is 71.6. The second kappa shape index (κ2) is 13.1. The average Bonchev–Trinajstić information content (AvgIpc) is 3.42. The van der Waals surface area contributed by atoms with Crippen LogP contribution >= 0.6 is 21.9 Å². The first kappa shape index (κ1) is 31.8. The van der Waals surface area contributed by atoms with Gasteiger partial charge in [0.1, 0.15) is 46.4 Å². The number of rotatable bonds is 8. The highest BCUT2D eigenvalue weighted by molar-refractivity contribution is 8.06. The monoisotopic (exact) mass is 690 g/mol. The van der Waals surface area contributed by atoms with Crippen LogP contribution in [0.15, 0.2) is 206 Å². The molecule has 8 rings (SSSR count). The minimum absolute atomic E-state index is 0.663. The Labute approximate surface area is 290 Å². The molecule has 2 unspecified atom stereocenters. The van der Waals surface area contributed by atoms with Gasteiger partial charge in [-0.1, -0.05) is 133 Å². The molecule has 0 bridgehead atoms. The predicted molar refractivity (Wildman–Crippen MR) is 212 cm³/mol. The minimum Gasteiger partial charge on any atom is -0.338 e. The van der Waals surface area contributed by atoms with E-state index >= 15 is 4.57 Å². The minimum atomic E-state index is -4.18. The predicted octanol–water partition coefficient (Wildman–Crippen LogP) is 8.96. The molecule has 7 aromatic rings. The molecule has 1 aliphatic rings. The highest BCUT2D eigenvalue weighted by atomic mass is 31.3. The van der Waals surface area contributed by atoms with E-state index in [-0.39, 0.29) is 0 Å². The topological polar surface area (TPSA) is 37.3 Å². The maximum atomic E-state index is 16.7. The van der Waals surface area contributed by atoms with Gasteiger partial charge in [0.25, 0.3) is 7.37 Å². The van der Waals surface area contributed by atoms with Crippen molar-refractivity contribution >= 4 is 53.7 Å². The lowest BCUT2D eigenvalue weighted by molar-refractivity contribution is 0.476. The van der Waals surface area contributed by atoms with Gasteiger partial charge in [0.2, 0.25) is 0 Å². The molecule has 1 aliphatic heterocycles. The van der Waals surface area contributed by atoms with E-state index in [1.807, 2.05) is 36.4 Å². The Balaban J connectivity index is 1.54. The van der Waals surface area contributed by atoms with E-state index in [2.05, 4.69) is 170 Å². The van der Waals surface area contributed by atoms with E-state index in [0.717, 1.165) is 43.0 Å². The molecule has 0 spiro atoms. The number of fused-ring (bicyclic) bond motifs is 1. The zero-order chi connectivity index (χ0) is 33.3. The van der Waals surface area contributed by atoms with Gasteiger partial charge >= 0.3 is 0 Å². The van der Waals surface area contributed by atoms with Crippen molar-refractivity contribution in [2.24, 2.45) is 0 Å². The summed E-state index contributed by atoms with van der Waals surface area (Å²) < 4.78 is 16.7. The van der Waals surface area contributed by atoms with E-state index in [1.165, 1.54) is 0 Å². The van der Waals surface area contributed by atoms with Gasteiger partial charge in [0, 0.05) is 11.1 Å². The maximum Gasteiger partial charge on any atom is 0.289 e. The lowest BCUT2D eigenvalue weighted by Gasteiger charge is -2.37. The molecule has 7 aromatic carbocycles. The van der Waals surface area contributed by atoms with Crippen LogP contribution in [0.25, 0.3) is 0 Å². The Morgan fingerprint density at radius 1 is 0.327 bits per heavy atom. The summed E-state index contributed by atoms with van der Waals surface area (Å²) >= 11 is 0. The highest BCUT2D eigenvalue weighted by Crippen LogP contribution is 2.94. The molecular weight excluding hydrogens is 653 g/mol. The molecule has 0 amide bonds. The summed E-state index contributed by atoms with van der Waals surface area (Å²) in [6.07, 6.45) is 0. The Bertz CT molecular complexity index is 1860. The van der Waals surface area contributed by atoms with Crippen LogP contribution in [0.3, 0.4) is 0 Å². The van der Waals surface area contributed by atoms with Crippen molar-refractivity contribution in [3.05, 3.63) is 217 Å². The van der Waals surface area contributed by atoms with Crippen LogP contribution in [-0.2, 0) is 4.57 Å². The summed E-state index contributed by atoms with van der Waals surface area (Å²) in [6.45, 7) is 0. The summed E-state index contributed by atoms with van der Waals surface area (Å²) in [5.41, 5.74) is 1.96. The fraction of sp³-hybridized carbons (Fsp3) is 0.0455. The molecule has 0 saturated carbocycles. The smallest absolute Gasteiger partial charge is 0.289 e. The first-order valence-electron chi connectivity index (χ1n) is 16.6. The van der Waals surface area contributed by atoms with Gasteiger partial charge in [-0.25, -0.2) is 0 Å². The third kappa shape index (κ3) is 5.02. The second-order valence-corrected chi connectivity index (χ2v) is 22.7. The normalized spacial score (nSPS) is 18.9. The SMILES string of the molecule is O=P1(O)C([P+](c2ccccc2)(c2ccccc2)c2ccccc2)c2ccccc2C1[P+](c1ccccc1)(c1ccccc1)c1ccccc1. The molecule has 2 atom stereocenters. The van der Waals surface area contributed by atoms with Crippen LogP contribution < -0.4 is 31.8 Å². The van der Waals surface area contributed by atoms with Gasteiger partial charge in [-0.2, -0.15) is 0 Å². The Kier molecular flexibility index (Phi) is 8.53. The van der Waals surface area contributed by atoms with Crippen molar-refractivity contribution in [3.8, 4) is 0 Å². The molecular formula is C44H37O2P3+2. The number of benzene rings is 7. The third-order valence-electron chi connectivity index (χ3n) is 9.97. The fourth-order valence-electron chi connectivity index (χ4n) is 8.15. The molecule has 0 aromatic heterocycles. The first-order chi connectivity index (χ1) is 24.1. The fourth-order valence-corrected chi connectivity index (χ4v) is 25.8. The highest BCUT2D eigenvalue weighted by Gasteiger charge is 2.74. The molecule has 0 radical (unpaired) electrons. The lowest BCUT2D eigenvalue weighted by atomic mass is 10.1. The summed E-state index contributed by atoms with van der Waals surface area (Å²) in [7, 11) is -9.85. The number of hydrogen-bond donors (Lipinski definition) is 1. The van der Waals surface area contributed by atoms with Crippen molar-refractivity contribution in [2.75, 3.05) is 0 Å². The first-order valence-corrected chi connectivity index (χ1v) is 22.1. The van der Waals surface area contributed by atoms with Crippen molar-refractivity contribution in [3.63, 3.8) is 0 Å². The van der Waals surface area contributed by atoms with Crippen LogP contribution in [0.4, 0.5) is 0 Å². The zero-order valence-electron chi connectivity index (χ0n) is 27.0. The number of hydrogen-bond acceptors (Lipinski definition) is 1. The van der Waals surface area contributed by atoms with Crippen molar-refractivity contribution < 1.29 is 9.46 Å². The van der Waals surface area contributed by atoms with E-state index in [1.54, 1.807) is 0 Å².